The Kier molecular flexibility index (Phi) is 2.91. The summed E-state index contributed by atoms with van der Waals surface area (Å²) in [7, 11) is 1.37. The molecule has 0 saturated heterocycles. The van der Waals surface area contributed by atoms with Gasteiger partial charge in [0.2, 0.25) is 5.78 Å². The lowest BCUT2D eigenvalue weighted by molar-refractivity contribution is 0.103. The van der Waals surface area contributed by atoms with Gasteiger partial charge in [0.25, 0.3) is 0 Å². The number of aromatic nitrogens is 2. The van der Waals surface area contributed by atoms with Crippen molar-refractivity contribution in [1.29, 1.82) is 0 Å². The smallest absolute Gasteiger partial charge is 0.214 e. The van der Waals surface area contributed by atoms with Gasteiger partial charge in [0, 0.05) is 5.56 Å². The molecule has 0 radical (unpaired) electrons. The molecule has 1 aromatic heterocycles. The number of halogens is 1. The predicted octanol–water partition coefficient (Wildman–Crippen LogP) is 1.92. The number of carbonyl (C=O) groups is 1. The van der Waals surface area contributed by atoms with Crippen molar-refractivity contribution in [1.82, 2.24) is 8.75 Å². The lowest BCUT2D eigenvalue weighted by Crippen LogP contribution is -2.02. The SMILES string of the molecule is COc1ccc(C(=O)c2cnsn2)cc1F. The second-order valence-corrected chi connectivity index (χ2v) is 3.53. The minimum absolute atomic E-state index is 0.105. The average Bonchev–Trinajstić information content (AvgIpc) is 2.81. The molecule has 0 unspecified atom stereocenters. The van der Waals surface area contributed by atoms with Crippen LogP contribution in [0.1, 0.15) is 16.1 Å². The van der Waals surface area contributed by atoms with Gasteiger partial charge in [0.15, 0.2) is 11.6 Å². The topological polar surface area (TPSA) is 52.1 Å². The Hall–Kier alpha value is -1.82. The van der Waals surface area contributed by atoms with E-state index >= 15 is 0 Å². The van der Waals surface area contributed by atoms with Crippen molar-refractivity contribution in [2.45, 2.75) is 0 Å². The standard InChI is InChI=1S/C10H7FN2O2S/c1-15-9-3-2-6(4-7(9)11)10(14)8-5-12-16-13-8/h2-5H,1H3. The molecular formula is C10H7FN2O2S. The van der Waals surface area contributed by atoms with Crippen LogP contribution in [0.2, 0.25) is 0 Å². The highest BCUT2D eigenvalue weighted by Crippen LogP contribution is 2.19. The molecule has 2 aromatic rings. The molecule has 1 heterocycles. The molecule has 0 bridgehead atoms. The molecule has 0 spiro atoms. The van der Waals surface area contributed by atoms with Crippen molar-refractivity contribution in [3.05, 3.63) is 41.5 Å². The van der Waals surface area contributed by atoms with E-state index in [0.717, 1.165) is 17.8 Å². The van der Waals surface area contributed by atoms with E-state index in [0.29, 0.717) is 0 Å². The van der Waals surface area contributed by atoms with Gasteiger partial charge in [-0.1, -0.05) is 0 Å². The van der Waals surface area contributed by atoms with Crippen LogP contribution in [0, 0.1) is 5.82 Å². The van der Waals surface area contributed by atoms with E-state index in [-0.39, 0.29) is 22.8 Å². The first kappa shape index (κ1) is 10.7. The van der Waals surface area contributed by atoms with Gasteiger partial charge in [0.05, 0.1) is 25.0 Å². The first-order chi connectivity index (χ1) is 7.72. The fourth-order valence-corrected chi connectivity index (χ4v) is 1.63. The minimum Gasteiger partial charge on any atom is -0.494 e. The van der Waals surface area contributed by atoms with E-state index in [9.17, 15) is 9.18 Å². The van der Waals surface area contributed by atoms with E-state index < -0.39 is 5.82 Å². The molecule has 0 amide bonds. The van der Waals surface area contributed by atoms with Crippen molar-refractivity contribution in [2.24, 2.45) is 0 Å². The van der Waals surface area contributed by atoms with Crippen LogP contribution in [0.5, 0.6) is 5.75 Å². The number of nitrogens with zero attached hydrogens (tertiary/aromatic N) is 2. The Morgan fingerprint density at radius 3 is 2.88 bits per heavy atom. The van der Waals surface area contributed by atoms with E-state index in [1.54, 1.807) is 0 Å². The van der Waals surface area contributed by atoms with E-state index in [2.05, 4.69) is 8.75 Å². The highest BCUT2D eigenvalue weighted by atomic mass is 32.1. The number of benzene rings is 1. The van der Waals surface area contributed by atoms with Gasteiger partial charge in [-0.2, -0.15) is 8.75 Å². The van der Waals surface area contributed by atoms with Crippen molar-refractivity contribution >= 4 is 17.5 Å². The van der Waals surface area contributed by atoms with Gasteiger partial charge in [0.1, 0.15) is 5.69 Å². The molecule has 4 nitrogen and oxygen atoms in total. The molecule has 82 valence electrons. The molecule has 6 heteroatoms. The number of carbonyl (C=O) groups excluding carboxylic acids is 1. The number of ketones is 1. The maximum atomic E-state index is 13.3. The van der Waals surface area contributed by atoms with Crippen LogP contribution < -0.4 is 4.74 Å². The maximum absolute atomic E-state index is 13.3. The lowest BCUT2D eigenvalue weighted by Gasteiger charge is -2.02. The second kappa shape index (κ2) is 4.36. The first-order valence-electron chi connectivity index (χ1n) is 4.38. The van der Waals surface area contributed by atoms with Gasteiger partial charge in [-0.25, -0.2) is 4.39 Å². The Bertz CT molecular complexity index is 514. The highest BCUT2D eigenvalue weighted by molar-refractivity contribution is 6.99. The summed E-state index contributed by atoms with van der Waals surface area (Å²) in [5.41, 5.74) is 0.445. The minimum atomic E-state index is -0.573. The zero-order chi connectivity index (χ0) is 11.5. The Morgan fingerprint density at radius 2 is 2.31 bits per heavy atom. The summed E-state index contributed by atoms with van der Waals surface area (Å²) in [4.78, 5) is 11.8. The average molecular weight is 238 g/mol. The van der Waals surface area contributed by atoms with Crippen LogP contribution in [-0.4, -0.2) is 21.6 Å². The summed E-state index contributed by atoms with van der Waals surface area (Å²) >= 11 is 0.935. The third kappa shape index (κ3) is 1.92. The number of methoxy groups -OCH3 is 1. The van der Waals surface area contributed by atoms with Gasteiger partial charge in [-0.05, 0) is 18.2 Å². The molecular weight excluding hydrogens is 231 g/mol. The van der Waals surface area contributed by atoms with Gasteiger partial charge in [-0.3, -0.25) is 4.79 Å². The van der Waals surface area contributed by atoms with Crippen LogP contribution >= 0.6 is 11.7 Å². The van der Waals surface area contributed by atoms with Crippen LogP contribution in [0.25, 0.3) is 0 Å². The van der Waals surface area contributed by atoms with Crippen molar-refractivity contribution < 1.29 is 13.9 Å². The Labute approximate surface area is 95.0 Å². The molecule has 0 N–H and O–H groups in total. The van der Waals surface area contributed by atoms with Gasteiger partial charge < -0.3 is 4.74 Å². The third-order valence-corrected chi connectivity index (χ3v) is 2.49. The molecule has 2 rings (SSSR count). The quantitative estimate of drug-likeness (QED) is 0.766. The van der Waals surface area contributed by atoms with Crippen LogP contribution in [0.3, 0.4) is 0 Å². The summed E-state index contributed by atoms with van der Waals surface area (Å²) in [6.07, 6.45) is 1.36. The molecule has 0 aliphatic rings. The van der Waals surface area contributed by atoms with Crippen LogP contribution in [0.4, 0.5) is 4.39 Å². The molecule has 0 fully saturated rings. The molecule has 0 aliphatic carbocycles. The summed E-state index contributed by atoms with van der Waals surface area (Å²) in [6, 6.07) is 4.02. The summed E-state index contributed by atoms with van der Waals surface area (Å²) in [5.74, 6) is -0.820. The van der Waals surface area contributed by atoms with E-state index in [1.807, 2.05) is 0 Å². The zero-order valence-corrected chi connectivity index (χ0v) is 9.12. The predicted molar refractivity (Wildman–Crippen MR) is 56.3 cm³/mol. The number of rotatable bonds is 3. The number of ether oxygens (including phenoxy) is 1. The lowest BCUT2D eigenvalue weighted by atomic mass is 10.1. The maximum Gasteiger partial charge on any atom is 0.214 e. The van der Waals surface area contributed by atoms with Crippen molar-refractivity contribution in [2.75, 3.05) is 7.11 Å². The number of hydrogen-bond donors (Lipinski definition) is 0. The first-order valence-corrected chi connectivity index (χ1v) is 5.11. The molecule has 0 atom stereocenters. The van der Waals surface area contributed by atoms with Crippen LogP contribution in [-0.2, 0) is 0 Å². The molecule has 0 saturated carbocycles. The van der Waals surface area contributed by atoms with Gasteiger partial charge >= 0.3 is 0 Å². The van der Waals surface area contributed by atoms with Gasteiger partial charge in [-0.15, -0.1) is 0 Å². The summed E-state index contributed by atoms with van der Waals surface area (Å²) in [5, 5.41) is 0. The fourth-order valence-electron chi connectivity index (χ4n) is 1.22. The van der Waals surface area contributed by atoms with Crippen molar-refractivity contribution in [3.8, 4) is 5.75 Å². The van der Waals surface area contributed by atoms with Crippen molar-refractivity contribution in [3.63, 3.8) is 0 Å². The third-order valence-electron chi connectivity index (χ3n) is 2.01. The molecule has 0 aliphatic heterocycles. The summed E-state index contributed by atoms with van der Waals surface area (Å²) in [6.45, 7) is 0. The van der Waals surface area contributed by atoms with Crippen LogP contribution in [0.15, 0.2) is 24.4 Å². The highest BCUT2D eigenvalue weighted by Gasteiger charge is 2.14. The van der Waals surface area contributed by atoms with E-state index in [1.165, 1.54) is 25.4 Å². The number of hydrogen-bond acceptors (Lipinski definition) is 5. The molecule has 16 heavy (non-hydrogen) atoms. The Morgan fingerprint density at radius 1 is 1.50 bits per heavy atom. The Balaban J connectivity index is 2.35. The van der Waals surface area contributed by atoms with E-state index in [4.69, 9.17) is 4.74 Å². The largest absolute Gasteiger partial charge is 0.494 e. The monoisotopic (exact) mass is 238 g/mol. The fraction of sp³-hybridized carbons (Fsp3) is 0.100. The molecule has 1 aromatic carbocycles. The second-order valence-electron chi connectivity index (χ2n) is 2.97. The zero-order valence-electron chi connectivity index (χ0n) is 8.31. The summed E-state index contributed by atoms with van der Waals surface area (Å²) < 4.78 is 25.6. The normalized spacial score (nSPS) is 10.1.